The van der Waals surface area contributed by atoms with Gasteiger partial charge in [0, 0.05) is 43.1 Å². The quantitative estimate of drug-likeness (QED) is 0.0114. The molecule has 0 unspecified atom stereocenters. The van der Waals surface area contributed by atoms with E-state index < -0.39 is 17.4 Å². The van der Waals surface area contributed by atoms with Gasteiger partial charge in [-0.1, -0.05) is 69.2 Å². The number of thiol groups is 1. The zero-order valence-electron chi connectivity index (χ0n) is 29.3. The molecule has 0 spiro atoms. The van der Waals surface area contributed by atoms with Gasteiger partial charge in [0.1, 0.15) is 11.6 Å². The molecule has 266 valence electrons. The Hall–Kier alpha value is -4.49. The van der Waals surface area contributed by atoms with Gasteiger partial charge in [0.2, 0.25) is 5.78 Å². The molecular weight excluding hydrogens is 653 g/mol. The summed E-state index contributed by atoms with van der Waals surface area (Å²) in [4.78, 5) is 61.0. The van der Waals surface area contributed by atoms with Gasteiger partial charge in [-0.05, 0) is 74.6 Å². The van der Waals surface area contributed by atoms with Crippen molar-refractivity contribution in [2.24, 2.45) is 4.99 Å². The van der Waals surface area contributed by atoms with Crippen LogP contribution in [0.5, 0.6) is 0 Å². The third-order valence-corrected chi connectivity index (χ3v) is 8.37. The highest BCUT2D eigenvalue weighted by atomic mass is 32.1. The summed E-state index contributed by atoms with van der Waals surface area (Å²) < 4.78 is 1.57. The number of carbonyl (C=O) groups excluding carboxylic acids is 2. The highest BCUT2D eigenvalue weighted by Crippen LogP contribution is 2.27. The molecule has 4 rings (SSSR count). The van der Waals surface area contributed by atoms with E-state index in [1.54, 1.807) is 10.6 Å². The summed E-state index contributed by atoms with van der Waals surface area (Å²) >= 11 is 3.94. The number of likely N-dealkylation sites (N-methyl/N-ethyl adjacent to an activating group) is 1. The Morgan fingerprint density at radius 3 is 2.38 bits per heavy atom. The SMILES string of the molecule is CCCCc1ccc(NC(=O)C(=Nc2ccc(N(CC)CCNOOCS)cc2C)C(=O)c2[nH]c(=O)n(CCCC)c2-c2ccccc2)cc1. The number of ketones is 1. The van der Waals surface area contributed by atoms with Crippen molar-refractivity contribution in [1.82, 2.24) is 15.0 Å². The van der Waals surface area contributed by atoms with Gasteiger partial charge in [-0.3, -0.25) is 14.2 Å². The van der Waals surface area contributed by atoms with Gasteiger partial charge < -0.3 is 15.2 Å². The standard InChI is InChI=1S/C38H48N6O5S/c1-5-8-13-28-16-18-30(19-17-28)40-37(46)34(41-32-21-20-31(25-27(32)4)43(7-3)24-22-39-49-48-26-50)36(45)33-35(29-14-11-10-12-15-29)44(23-9-6-2)38(47)42-33/h10-12,14-21,25,39,50H,5-9,13,22-24,26H2,1-4H3,(H,40,46)(H,42,47). The third kappa shape index (κ3) is 10.3. The number of amides is 1. The third-order valence-electron chi connectivity index (χ3n) is 8.27. The van der Waals surface area contributed by atoms with E-state index in [1.165, 1.54) is 5.56 Å². The minimum absolute atomic E-state index is 0.0177. The molecule has 50 heavy (non-hydrogen) atoms. The minimum atomic E-state index is -0.679. The van der Waals surface area contributed by atoms with Crippen molar-refractivity contribution in [2.45, 2.75) is 66.3 Å². The van der Waals surface area contributed by atoms with Crippen LogP contribution in [0, 0.1) is 6.92 Å². The number of aromatic nitrogens is 2. The number of rotatable bonds is 20. The number of hydrogen-bond acceptors (Lipinski definition) is 9. The lowest BCUT2D eigenvalue weighted by Gasteiger charge is -2.23. The number of aryl methyl sites for hydroxylation is 2. The van der Waals surface area contributed by atoms with E-state index in [2.05, 4.69) is 40.2 Å². The number of carbonyl (C=O) groups is 2. The van der Waals surface area contributed by atoms with E-state index in [0.29, 0.717) is 42.3 Å². The summed E-state index contributed by atoms with van der Waals surface area (Å²) in [7, 11) is 0. The molecule has 1 amide bonds. The zero-order valence-corrected chi connectivity index (χ0v) is 30.2. The molecule has 4 aromatic rings. The second-order valence-corrected chi connectivity index (χ2v) is 12.1. The Morgan fingerprint density at radius 1 is 0.980 bits per heavy atom. The van der Waals surface area contributed by atoms with Gasteiger partial charge in [-0.25, -0.2) is 14.7 Å². The molecule has 0 fully saturated rings. The monoisotopic (exact) mass is 700 g/mol. The molecule has 0 bridgehead atoms. The van der Waals surface area contributed by atoms with Crippen LogP contribution in [0.1, 0.15) is 68.1 Å². The van der Waals surface area contributed by atoms with Crippen molar-refractivity contribution >= 4 is 47.1 Å². The van der Waals surface area contributed by atoms with Crippen LogP contribution in [0.3, 0.4) is 0 Å². The van der Waals surface area contributed by atoms with Crippen LogP contribution in [-0.2, 0) is 27.6 Å². The van der Waals surface area contributed by atoms with Crippen LogP contribution in [0.15, 0.2) is 82.6 Å². The summed E-state index contributed by atoms with van der Waals surface area (Å²) in [5.74, 6) is -1.22. The molecule has 0 aliphatic rings. The van der Waals surface area contributed by atoms with Crippen LogP contribution in [-0.4, -0.2) is 52.5 Å². The Morgan fingerprint density at radius 2 is 1.72 bits per heavy atom. The average molecular weight is 701 g/mol. The fourth-order valence-electron chi connectivity index (χ4n) is 5.55. The van der Waals surface area contributed by atoms with Gasteiger partial charge in [0.15, 0.2) is 5.71 Å². The fraction of sp³-hybridized carbons (Fsp3) is 0.368. The number of hydrogen-bond donors (Lipinski definition) is 4. The smallest absolute Gasteiger partial charge is 0.326 e. The molecule has 0 saturated carbocycles. The largest absolute Gasteiger partial charge is 0.370 e. The van der Waals surface area contributed by atoms with E-state index in [1.807, 2.05) is 87.5 Å². The van der Waals surface area contributed by atoms with Crippen LogP contribution >= 0.6 is 12.6 Å². The van der Waals surface area contributed by atoms with E-state index >= 15 is 0 Å². The molecule has 0 saturated heterocycles. The first-order valence-electron chi connectivity index (χ1n) is 17.2. The maximum absolute atomic E-state index is 14.5. The molecule has 12 heteroatoms. The Balaban J connectivity index is 1.74. The van der Waals surface area contributed by atoms with E-state index in [9.17, 15) is 14.4 Å². The molecule has 1 aromatic heterocycles. The van der Waals surface area contributed by atoms with Crippen LogP contribution in [0.4, 0.5) is 17.1 Å². The summed E-state index contributed by atoms with van der Waals surface area (Å²) in [6.45, 7) is 10.4. The molecule has 11 nitrogen and oxygen atoms in total. The van der Waals surface area contributed by atoms with Crippen LogP contribution < -0.4 is 21.4 Å². The van der Waals surface area contributed by atoms with Gasteiger partial charge in [0.05, 0.1) is 11.4 Å². The summed E-state index contributed by atoms with van der Waals surface area (Å²) in [6, 6.07) is 22.5. The Bertz CT molecular complexity index is 1790. The predicted octanol–water partition coefficient (Wildman–Crippen LogP) is 7.06. The molecule has 0 atom stereocenters. The Labute approximate surface area is 299 Å². The number of aromatic amines is 1. The second-order valence-electron chi connectivity index (χ2n) is 11.8. The lowest BCUT2D eigenvalue weighted by Crippen LogP contribution is -2.32. The molecular formula is C38H48N6O5S. The van der Waals surface area contributed by atoms with Crippen molar-refractivity contribution in [1.29, 1.82) is 0 Å². The lowest BCUT2D eigenvalue weighted by atomic mass is 10.0. The number of H-pyrrole nitrogens is 1. The Kier molecular flexibility index (Phi) is 15.0. The number of aliphatic imine (C=N–C) groups is 1. The first kappa shape index (κ1) is 38.3. The topological polar surface area (TPSA) is 130 Å². The molecule has 3 aromatic carbocycles. The number of benzene rings is 3. The van der Waals surface area contributed by atoms with Crippen LogP contribution in [0.2, 0.25) is 0 Å². The van der Waals surface area contributed by atoms with E-state index in [0.717, 1.165) is 49.9 Å². The van der Waals surface area contributed by atoms with Gasteiger partial charge in [-0.2, -0.15) is 5.48 Å². The van der Waals surface area contributed by atoms with Gasteiger partial charge >= 0.3 is 5.69 Å². The number of imidazole rings is 1. The number of anilines is 2. The highest BCUT2D eigenvalue weighted by molar-refractivity contribution is 7.80. The second kappa shape index (κ2) is 19.6. The number of nitrogens with one attached hydrogen (secondary N) is 3. The van der Waals surface area contributed by atoms with Crippen molar-refractivity contribution in [3.8, 4) is 11.3 Å². The number of nitrogens with zero attached hydrogens (tertiary/aromatic N) is 3. The minimum Gasteiger partial charge on any atom is -0.370 e. The first-order chi connectivity index (χ1) is 24.3. The maximum Gasteiger partial charge on any atom is 0.326 e. The molecule has 0 aliphatic heterocycles. The number of Topliss-reactive ketones (excluding diaryl/α,β-unsaturated/α-hetero) is 1. The van der Waals surface area contributed by atoms with E-state index in [-0.39, 0.29) is 17.3 Å². The van der Waals surface area contributed by atoms with Crippen molar-refractivity contribution in [3.63, 3.8) is 0 Å². The first-order valence-corrected chi connectivity index (χ1v) is 17.8. The molecule has 0 aliphatic carbocycles. The lowest BCUT2D eigenvalue weighted by molar-refractivity contribution is -0.321. The van der Waals surface area contributed by atoms with Crippen molar-refractivity contribution in [3.05, 3.63) is 100 Å². The zero-order chi connectivity index (χ0) is 35.9. The molecule has 3 N–H and O–H groups in total. The fourth-order valence-corrected chi connectivity index (χ4v) is 5.60. The molecule has 1 heterocycles. The van der Waals surface area contributed by atoms with Crippen molar-refractivity contribution < 1.29 is 19.5 Å². The number of hydroxylamine groups is 1. The van der Waals surface area contributed by atoms with Crippen molar-refractivity contribution in [2.75, 3.05) is 35.8 Å². The van der Waals surface area contributed by atoms with E-state index in [4.69, 9.17) is 14.9 Å². The predicted molar refractivity (Wildman–Crippen MR) is 204 cm³/mol. The summed E-state index contributed by atoms with van der Waals surface area (Å²) in [6.07, 6.45) is 4.71. The van der Waals surface area contributed by atoms with Crippen LogP contribution in [0.25, 0.3) is 11.3 Å². The normalized spacial score (nSPS) is 11.5. The highest BCUT2D eigenvalue weighted by Gasteiger charge is 2.29. The van der Waals surface area contributed by atoms with Gasteiger partial charge in [-0.15, -0.1) is 17.6 Å². The maximum atomic E-state index is 14.5. The van der Waals surface area contributed by atoms with Gasteiger partial charge in [0.25, 0.3) is 5.91 Å². The molecule has 0 radical (unpaired) electrons. The average Bonchev–Trinajstić information content (AvgIpc) is 3.47. The number of unbranched alkanes of at least 4 members (excludes halogenated alkanes) is 2. The summed E-state index contributed by atoms with van der Waals surface area (Å²) in [5, 5.41) is 2.88. The summed E-state index contributed by atoms with van der Waals surface area (Å²) in [5.41, 5.74) is 6.97.